The molecule has 0 spiro atoms. The van der Waals surface area contributed by atoms with Gasteiger partial charge in [0.2, 0.25) is 0 Å². The lowest BCUT2D eigenvalue weighted by Gasteiger charge is -2.19. The molecule has 74 valence electrons. The molecule has 0 aliphatic rings. The van der Waals surface area contributed by atoms with E-state index in [1.165, 1.54) is 5.56 Å². The van der Waals surface area contributed by atoms with Crippen molar-refractivity contribution in [2.75, 3.05) is 0 Å². The Morgan fingerprint density at radius 3 is 2.15 bits per heavy atom. The van der Waals surface area contributed by atoms with Crippen molar-refractivity contribution in [3.8, 4) is 0 Å². The zero-order chi connectivity index (χ0) is 9.35. The van der Waals surface area contributed by atoms with E-state index in [0.717, 1.165) is 10.6 Å². The number of benzene rings is 1. The van der Waals surface area contributed by atoms with Gasteiger partial charge in [-0.25, -0.2) is 0 Å². The maximum absolute atomic E-state index is 4.34. The second-order valence-corrected chi connectivity index (χ2v) is 4.58. The summed E-state index contributed by atoms with van der Waals surface area (Å²) in [6, 6.07) is 6.22. The van der Waals surface area contributed by atoms with E-state index < -0.39 is 0 Å². The predicted octanol–water partition coefficient (Wildman–Crippen LogP) is -0.850. The van der Waals surface area contributed by atoms with Gasteiger partial charge in [-0.1, -0.05) is 26.8 Å². The Morgan fingerprint density at radius 2 is 1.77 bits per heavy atom. The van der Waals surface area contributed by atoms with Crippen LogP contribution in [-0.2, 0) is 5.41 Å². The molecule has 1 aromatic carbocycles. The number of hydrogen-bond acceptors (Lipinski definition) is 1. The van der Waals surface area contributed by atoms with E-state index in [4.69, 9.17) is 0 Å². The molecule has 0 bridgehead atoms. The molecule has 0 aromatic heterocycles. The summed E-state index contributed by atoms with van der Waals surface area (Å²) in [5, 5.41) is 0. The number of quaternary nitrogens is 1. The van der Waals surface area contributed by atoms with Gasteiger partial charge in [-0.15, -0.1) is 12.6 Å². The monoisotopic (exact) mass is 217 g/mol. The minimum absolute atomic E-state index is 0. The Labute approximate surface area is 91.5 Å². The molecule has 13 heavy (non-hydrogen) atoms. The summed E-state index contributed by atoms with van der Waals surface area (Å²) in [6.45, 7) is 6.58. The summed E-state index contributed by atoms with van der Waals surface area (Å²) >= 11 is 4.34. The fourth-order valence-electron chi connectivity index (χ4n) is 1.03. The topological polar surface area (TPSA) is 27.6 Å². The smallest absolute Gasteiger partial charge is 0.141 e. The average molecular weight is 218 g/mol. The van der Waals surface area contributed by atoms with Crippen LogP contribution in [-0.4, -0.2) is 0 Å². The quantitative estimate of drug-likeness (QED) is 0.530. The summed E-state index contributed by atoms with van der Waals surface area (Å²) in [5.74, 6) is 0. The maximum Gasteiger partial charge on any atom is 0.141 e. The van der Waals surface area contributed by atoms with Crippen LogP contribution in [0, 0.1) is 0 Å². The first-order chi connectivity index (χ1) is 5.41. The van der Waals surface area contributed by atoms with Crippen molar-refractivity contribution in [3.63, 3.8) is 0 Å². The van der Waals surface area contributed by atoms with E-state index in [1.54, 1.807) is 0 Å². The fraction of sp³-hybridized carbons (Fsp3) is 0.400. The predicted molar refractivity (Wildman–Crippen MR) is 54.9 cm³/mol. The molecule has 1 rings (SSSR count). The van der Waals surface area contributed by atoms with E-state index in [-0.39, 0.29) is 17.8 Å². The van der Waals surface area contributed by atoms with Gasteiger partial charge in [0.25, 0.3) is 0 Å². The molecule has 0 saturated heterocycles. The molecule has 1 nitrogen and oxygen atoms in total. The second kappa shape index (κ2) is 4.36. The molecule has 0 aliphatic heterocycles. The van der Waals surface area contributed by atoms with Gasteiger partial charge in [0.1, 0.15) is 5.69 Å². The van der Waals surface area contributed by atoms with Gasteiger partial charge in [0.05, 0.1) is 4.90 Å². The zero-order valence-electron chi connectivity index (χ0n) is 8.26. The van der Waals surface area contributed by atoms with Crippen molar-refractivity contribution in [2.24, 2.45) is 0 Å². The largest absolute Gasteiger partial charge is 1.00 e. The zero-order valence-corrected chi connectivity index (χ0v) is 9.91. The van der Waals surface area contributed by atoms with Crippen molar-refractivity contribution in [1.29, 1.82) is 0 Å². The second-order valence-electron chi connectivity index (χ2n) is 4.09. The molecule has 0 amide bonds. The number of rotatable bonds is 0. The third-order valence-electron chi connectivity index (χ3n) is 1.95. The highest BCUT2D eigenvalue weighted by atomic mass is 35.5. The Balaban J connectivity index is 0.00000144. The highest BCUT2D eigenvalue weighted by Gasteiger charge is 2.14. The summed E-state index contributed by atoms with van der Waals surface area (Å²) in [6.07, 6.45) is 0. The van der Waals surface area contributed by atoms with Gasteiger partial charge >= 0.3 is 0 Å². The van der Waals surface area contributed by atoms with Gasteiger partial charge in [-0.2, -0.15) is 0 Å². The molecule has 3 heteroatoms. The number of hydrogen-bond donors (Lipinski definition) is 2. The molecule has 0 atom stereocenters. The van der Waals surface area contributed by atoms with Crippen molar-refractivity contribution < 1.29 is 18.1 Å². The van der Waals surface area contributed by atoms with Crippen LogP contribution in [0.3, 0.4) is 0 Å². The fourth-order valence-corrected chi connectivity index (χ4v) is 1.24. The molecule has 0 saturated carbocycles. The Kier molecular flexibility index (Phi) is 4.30. The highest BCUT2D eigenvalue weighted by molar-refractivity contribution is 7.80. The van der Waals surface area contributed by atoms with E-state index in [9.17, 15) is 0 Å². The maximum atomic E-state index is 4.34. The van der Waals surface area contributed by atoms with Crippen LogP contribution in [0.25, 0.3) is 0 Å². The SMILES string of the molecule is CC(C)(C)c1ccc([NH3+])c(S)c1.[Cl-]. The van der Waals surface area contributed by atoms with Crippen LogP contribution in [0.4, 0.5) is 5.69 Å². The van der Waals surface area contributed by atoms with Gasteiger partial charge in [-0.3, -0.25) is 0 Å². The van der Waals surface area contributed by atoms with Gasteiger partial charge in [0.15, 0.2) is 0 Å². The first kappa shape index (κ1) is 12.8. The lowest BCUT2D eigenvalue weighted by atomic mass is 9.87. The highest BCUT2D eigenvalue weighted by Crippen LogP contribution is 2.26. The molecule has 0 aliphatic carbocycles. The van der Waals surface area contributed by atoms with Crippen molar-refractivity contribution >= 4 is 18.3 Å². The Hall–Kier alpha value is -0.180. The summed E-state index contributed by atoms with van der Waals surface area (Å²) in [5.41, 5.74) is 6.36. The van der Waals surface area contributed by atoms with Crippen molar-refractivity contribution in [1.82, 2.24) is 0 Å². The molecule has 3 N–H and O–H groups in total. The lowest BCUT2D eigenvalue weighted by molar-refractivity contribution is -0.258. The van der Waals surface area contributed by atoms with Crippen LogP contribution in [0.15, 0.2) is 23.1 Å². The Bertz CT molecular complexity index is 291. The molecule has 0 radical (unpaired) electrons. The standard InChI is InChI=1S/C10H15NS.ClH/c1-10(2,3)7-4-5-8(11)9(12)6-7;/h4-6,12H,11H2,1-3H3;1H. The van der Waals surface area contributed by atoms with E-state index >= 15 is 0 Å². The average Bonchev–Trinajstić information content (AvgIpc) is 1.92. The van der Waals surface area contributed by atoms with Crippen molar-refractivity contribution in [3.05, 3.63) is 23.8 Å². The minimum atomic E-state index is 0. The summed E-state index contributed by atoms with van der Waals surface area (Å²) in [7, 11) is 0. The normalized spacial score (nSPS) is 10.8. The van der Waals surface area contributed by atoms with Gasteiger partial charge in [-0.05, 0) is 17.0 Å². The first-order valence-electron chi connectivity index (χ1n) is 4.07. The summed E-state index contributed by atoms with van der Waals surface area (Å²) in [4.78, 5) is 0.974. The van der Waals surface area contributed by atoms with Crippen LogP contribution in [0.1, 0.15) is 26.3 Å². The third-order valence-corrected chi connectivity index (χ3v) is 2.37. The molecule has 0 heterocycles. The lowest BCUT2D eigenvalue weighted by Crippen LogP contribution is -3.00. The van der Waals surface area contributed by atoms with E-state index in [1.807, 2.05) is 6.07 Å². The first-order valence-corrected chi connectivity index (χ1v) is 4.51. The molecule has 1 aromatic rings. The summed E-state index contributed by atoms with van der Waals surface area (Å²) < 4.78 is 0. The van der Waals surface area contributed by atoms with Crippen LogP contribution >= 0.6 is 12.6 Å². The minimum Gasteiger partial charge on any atom is -1.00 e. The molecule has 0 unspecified atom stereocenters. The van der Waals surface area contributed by atoms with Crippen LogP contribution in [0.5, 0.6) is 0 Å². The van der Waals surface area contributed by atoms with E-state index in [2.05, 4.69) is 51.3 Å². The molecular weight excluding hydrogens is 202 g/mol. The molecular formula is C10H16ClNS. The van der Waals surface area contributed by atoms with Crippen LogP contribution < -0.4 is 18.1 Å². The van der Waals surface area contributed by atoms with Crippen LogP contribution in [0.2, 0.25) is 0 Å². The molecule has 0 fully saturated rings. The van der Waals surface area contributed by atoms with Gasteiger partial charge in [0, 0.05) is 6.07 Å². The van der Waals surface area contributed by atoms with Gasteiger partial charge < -0.3 is 18.1 Å². The third kappa shape index (κ3) is 3.22. The number of thiol groups is 1. The Morgan fingerprint density at radius 1 is 1.23 bits per heavy atom. The number of halogens is 1. The van der Waals surface area contributed by atoms with Crippen molar-refractivity contribution in [2.45, 2.75) is 31.1 Å². The van der Waals surface area contributed by atoms with E-state index in [0.29, 0.717) is 0 Å².